The fourth-order valence-corrected chi connectivity index (χ4v) is 7.29. The van der Waals surface area contributed by atoms with Gasteiger partial charge in [-0.25, -0.2) is 8.42 Å². The third kappa shape index (κ3) is 8.16. The van der Waals surface area contributed by atoms with Crippen molar-refractivity contribution < 1.29 is 17.9 Å². The summed E-state index contributed by atoms with van der Waals surface area (Å²) >= 11 is 8.75. The fraction of sp³-hybridized carbons (Fsp3) is 0.235. The van der Waals surface area contributed by atoms with Crippen LogP contribution in [0.2, 0.25) is 0 Å². The highest BCUT2D eigenvalue weighted by molar-refractivity contribution is 9.10. The quantitative estimate of drug-likeness (QED) is 0.183. The summed E-state index contributed by atoms with van der Waals surface area (Å²) in [4.78, 5) is 15.5. The zero-order valence-corrected chi connectivity index (χ0v) is 28.1. The summed E-state index contributed by atoms with van der Waals surface area (Å²) in [7, 11) is -3.70. The molecule has 234 valence electrons. The molecule has 45 heavy (non-hydrogen) atoms. The molecular formula is C34H35BrN4O4S2. The molecule has 8 nitrogen and oxygen atoms in total. The summed E-state index contributed by atoms with van der Waals surface area (Å²) < 4.78 is 35.1. The molecule has 1 aliphatic heterocycles. The molecule has 0 unspecified atom stereocenters. The summed E-state index contributed by atoms with van der Waals surface area (Å²) in [6.07, 6.45) is 0.808. The summed E-state index contributed by atoms with van der Waals surface area (Å²) in [6, 6.07) is 32.3. The van der Waals surface area contributed by atoms with Gasteiger partial charge in [0.25, 0.3) is 5.91 Å². The van der Waals surface area contributed by atoms with E-state index in [0.717, 1.165) is 10.9 Å². The lowest BCUT2D eigenvalue weighted by molar-refractivity contribution is 0.0973. The van der Waals surface area contributed by atoms with Gasteiger partial charge in [-0.3, -0.25) is 15.0 Å². The van der Waals surface area contributed by atoms with Crippen molar-refractivity contribution in [2.75, 3.05) is 38.1 Å². The number of carbonyl (C=O) groups excluding carboxylic acids is 1. The van der Waals surface area contributed by atoms with E-state index >= 15 is 0 Å². The number of benzene rings is 4. The number of carbonyl (C=O) groups is 1. The molecule has 0 aromatic heterocycles. The first kappa shape index (κ1) is 32.8. The first-order valence-corrected chi connectivity index (χ1v) is 17.4. The molecule has 4 aromatic rings. The molecule has 1 heterocycles. The van der Waals surface area contributed by atoms with Gasteiger partial charge in [0.1, 0.15) is 5.75 Å². The molecular weight excluding hydrogens is 672 g/mol. The number of rotatable bonds is 10. The molecule has 11 heteroatoms. The predicted octanol–water partition coefficient (Wildman–Crippen LogP) is 6.46. The Morgan fingerprint density at radius 1 is 0.889 bits per heavy atom. The minimum atomic E-state index is -3.70. The smallest absolute Gasteiger partial charge is 0.261 e. The van der Waals surface area contributed by atoms with E-state index in [9.17, 15) is 13.2 Å². The largest absolute Gasteiger partial charge is 0.493 e. The zero-order chi connectivity index (χ0) is 31.8. The van der Waals surface area contributed by atoms with Crippen molar-refractivity contribution in [2.45, 2.75) is 24.3 Å². The number of sulfonamides is 1. The maximum atomic E-state index is 13.6. The Morgan fingerprint density at radius 2 is 1.49 bits per heavy atom. The Balaban J connectivity index is 1.20. The topological polar surface area (TPSA) is 91.0 Å². The summed E-state index contributed by atoms with van der Waals surface area (Å²) in [6.45, 7) is 4.44. The van der Waals surface area contributed by atoms with Gasteiger partial charge in [-0.2, -0.15) is 4.31 Å². The second kappa shape index (κ2) is 15.1. The molecule has 1 fully saturated rings. The van der Waals surface area contributed by atoms with E-state index < -0.39 is 15.9 Å². The highest BCUT2D eigenvalue weighted by Crippen LogP contribution is 2.31. The van der Waals surface area contributed by atoms with Crippen molar-refractivity contribution >= 4 is 54.9 Å². The van der Waals surface area contributed by atoms with E-state index in [4.69, 9.17) is 17.0 Å². The predicted molar refractivity (Wildman–Crippen MR) is 185 cm³/mol. The number of amides is 1. The maximum Gasteiger partial charge on any atom is 0.261 e. The first-order valence-electron chi connectivity index (χ1n) is 14.7. The Kier molecular flexibility index (Phi) is 11.0. The number of nitrogens with one attached hydrogen (secondary N) is 2. The van der Waals surface area contributed by atoms with Crippen molar-refractivity contribution in [1.29, 1.82) is 0 Å². The minimum absolute atomic E-state index is 0.0470. The van der Waals surface area contributed by atoms with Crippen molar-refractivity contribution in [3.05, 3.63) is 124 Å². The third-order valence-corrected chi connectivity index (χ3v) is 10.1. The van der Waals surface area contributed by atoms with Crippen molar-refractivity contribution in [2.24, 2.45) is 0 Å². The molecule has 0 bridgehead atoms. The Morgan fingerprint density at radius 3 is 2.07 bits per heavy atom. The van der Waals surface area contributed by atoms with Crippen molar-refractivity contribution in [1.82, 2.24) is 14.5 Å². The molecule has 0 saturated carbocycles. The van der Waals surface area contributed by atoms with Crippen molar-refractivity contribution in [3.8, 4) is 5.75 Å². The molecule has 0 radical (unpaired) electrons. The van der Waals surface area contributed by atoms with Crippen LogP contribution in [-0.2, 0) is 10.0 Å². The average molecular weight is 708 g/mol. The summed E-state index contributed by atoms with van der Waals surface area (Å²) in [5.41, 5.74) is 3.26. The highest BCUT2D eigenvalue weighted by Gasteiger charge is 2.32. The van der Waals surface area contributed by atoms with Crippen LogP contribution >= 0.6 is 28.1 Å². The van der Waals surface area contributed by atoms with Gasteiger partial charge < -0.3 is 10.1 Å². The van der Waals surface area contributed by atoms with Crippen LogP contribution in [0.1, 0.15) is 40.9 Å². The lowest BCUT2D eigenvalue weighted by Crippen LogP contribution is -2.49. The molecule has 0 spiro atoms. The van der Waals surface area contributed by atoms with Gasteiger partial charge in [0.2, 0.25) is 10.0 Å². The molecule has 0 atom stereocenters. The Labute approximate surface area is 278 Å². The standard InChI is InChI=1S/C34H35BrN4O4S2/c1-2-23-43-31-18-13-27(35)24-30(31)33(40)37-34(44)36-28-14-16-29(17-15-28)45(41,42)39-21-19-38(20-22-39)32(25-9-5-3-6-10-25)26-11-7-4-8-12-26/h3-18,24,32H,2,19-23H2,1H3,(H2,36,37,40,44). The highest BCUT2D eigenvalue weighted by atomic mass is 79.9. The molecule has 0 aliphatic carbocycles. The third-order valence-electron chi connectivity index (χ3n) is 7.49. The van der Waals surface area contributed by atoms with E-state index in [1.54, 1.807) is 46.8 Å². The van der Waals surface area contributed by atoms with Gasteiger partial charge in [0.05, 0.1) is 23.1 Å². The van der Waals surface area contributed by atoms with Crippen molar-refractivity contribution in [3.63, 3.8) is 0 Å². The van der Waals surface area contributed by atoms with Crippen LogP contribution in [0.25, 0.3) is 0 Å². The van der Waals surface area contributed by atoms with E-state index in [1.807, 2.05) is 43.3 Å². The zero-order valence-electron chi connectivity index (χ0n) is 24.9. The molecule has 5 rings (SSSR count). The van der Waals surface area contributed by atoms with Gasteiger partial charge >= 0.3 is 0 Å². The number of ether oxygens (including phenoxy) is 1. The van der Waals surface area contributed by atoms with Gasteiger partial charge in [-0.05, 0) is 72.2 Å². The monoisotopic (exact) mass is 706 g/mol. The number of thiocarbonyl (C=S) groups is 1. The molecule has 2 N–H and O–H groups in total. The fourth-order valence-electron chi connectivity index (χ4n) is 5.30. The second-order valence-electron chi connectivity index (χ2n) is 10.6. The molecule has 1 aliphatic rings. The van der Waals surface area contributed by atoms with Gasteiger partial charge in [-0.15, -0.1) is 0 Å². The van der Waals surface area contributed by atoms with E-state index in [1.165, 1.54) is 11.1 Å². The average Bonchev–Trinajstić information content (AvgIpc) is 3.06. The normalized spacial score (nSPS) is 14.2. The second-order valence-corrected chi connectivity index (χ2v) is 13.8. The van der Waals surface area contributed by atoms with Crippen LogP contribution in [-0.4, -0.2) is 61.4 Å². The summed E-state index contributed by atoms with van der Waals surface area (Å²) in [5, 5.41) is 5.71. The summed E-state index contributed by atoms with van der Waals surface area (Å²) in [5.74, 6) is 0.0476. The van der Waals surface area contributed by atoms with Crippen LogP contribution in [0.5, 0.6) is 5.75 Å². The number of hydrogen-bond donors (Lipinski definition) is 2. The number of nitrogens with zero attached hydrogens (tertiary/aromatic N) is 2. The lowest BCUT2D eigenvalue weighted by atomic mass is 9.96. The first-order chi connectivity index (χ1) is 21.8. The molecule has 1 amide bonds. The van der Waals surface area contributed by atoms with E-state index in [2.05, 4.69) is 55.7 Å². The van der Waals surface area contributed by atoms with Gasteiger partial charge in [0.15, 0.2) is 5.11 Å². The van der Waals surface area contributed by atoms with Crippen LogP contribution in [0.4, 0.5) is 5.69 Å². The SMILES string of the molecule is CCCOc1ccc(Br)cc1C(=O)NC(=S)Nc1ccc(S(=O)(=O)N2CCN(C(c3ccccc3)c3ccccc3)CC2)cc1. The van der Waals surface area contributed by atoms with Crippen LogP contribution < -0.4 is 15.4 Å². The van der Waals surface area contributed by atoms with E-state index in [-0.39, 0.29) is 16.0 Å². The minimum Gasteiger partial charge on any atom is -0.493 e. The molecule has 4 aromatic carbocycles. The maximum absolute atomic E-state index is 13.6. The Hall–Kier alpha value is -3.61. The molecule has 1 saturated heterocycles. The van der Waals surface area contributed by atoms with Crippen LogP contribution in [0, 0.1) is 0 Å². The van der Waals surface area contributed by atoms with Crippen LogP contribution in [0.15, 0.2) is 112 Å². The van der Waals surface area contributed by atoms with E-state index in [0.29, 0.717) is 49.8 Å². The number of piperazine rings is 1. The van der Waals surface area contributed by atoms with Gasteiger partial charge in [0, 0.05) is 36.3 Å². The van der Waals surface area contributed by atoms with Gasteiger partial charge in [-0.1, -0.05) is 83.5 Å². The lowest BCUT2D eigenvalue weighted by Gasteiger charge is -2.39. The number of hydrogen-bond acceptors (Lipinski definition) is 6. The number of halogens is 1. The number of anilines is 1. The Bertz CT molecular complexity index is 1680. The van der Waals surface area contributed by atoms with Crippen LogP contribution in [0.3, 0.4) is 0 Å².